The third kappa shape index (κ3) is 4.30. The van der Waals surface area contributed by atoms with Crippen LogP contribution in [-0.2, 0) is 11.2 Å². The third-order valence-corrected chi connectivity index (χ3v) is 2.94. The van der Waals surface area contributed by atoms with E-state index >= 15 is 0 Å². The van der Waals surface area contributed by atoms with Crippen molar-refractivity contribution in [1.29, 1.82) is 0 Å². The van der Waals surface area contributed by atoms with Crippen molar-refractivity contribution < 1.29 is 9.26 Å². The quantitative estimate of drug-likeness (QED) is 0.795. The molecular weight excluding hydrogens is 278 g/mol. The molecule has 108 valence electrons. The van der Waals surface area contributed by atoms with Crippen molar-refractivity contribution in [3.8, 4) is 0 Å². The standard InChI is InChI=1S/C14H18ClN3O2/c1-2-6-19-9-12(16)14-17-13(20-18-14)8-10-4-3-5-11(15)7-10/h3-5,7,12H,2,6,8-9,16H2,1H3. The van der Waals surface area contributed by atoms with Crippen LogP contribution in [0.15, 0.2) is 28.8 Å². The van der Waals surface area contributed by atoms with Gasteiger partial charge in [0.2, 0.25) is 5.89 Å². The minimum atomic E-state index is -0.363. The van der Waals surface area contributed by atoms with Gasteiger partial charge < -0.3 is 15.0 Å². The second kappa shape index (κ2) is 7.38. The topological polar surface area (TPSA) is 74.2 Å². The van der Waals surface area contributed by atoms with Crippen LogP contribution in [-0.4, -0.2) is 23.4 Å². The number of ether oxygens (including phenoxy) is 1. The molecule has 2 N–H and O–H groups in total. The molecule has 1 aromatic carbocycles. The van der Waals surface area contributed by atoms with Gasteiger partial charge in [-0.15, -0.1) is 0 Å². The van der Waals surface area contributed by atoms with E-state index in [2.05, 4.69) is 10.1 Å². The molecule has 0 saturated heterocycles. The first-order chi connectivity index (χ1) is 9.69. The molecule has 0 radical (unpaired) electrons. The van der Waals surface area contributed by atoms with E-state index in [0.29, 0.717) is 36.4 Å². The lowest BCUT2D eigenvalue weighted by atomic mass is 10.1. The predicted octanol–water partition coefficient (Wildman–Crippen LogP) is 2.74. The average molecular weight is 296 g/mol. The molecule has 1 heterocycles. The lowest BCUT2D eigenvalue weighted by Gasteiger charge is -2.06. The second-order valence-corrected chi connectivity index (χ2v) is 4.97. The van der Waals surface area contributed by atoms with Crippen molar-refractivity contribution in [1.82, 2.24) is 10.1 Å². The zero-order valence-corrected chi connectivity index (χ0v) is 12.1. The minimum Gasteiger partial charge on any atom is -0.379 e. The van der Waals surface area contributed by atoms with Crippen molar-refractivity contribution in [2.24, 2.45) is 5.73 Å². The Morgan fingerprint density at radius 2 is 2.30 bits per heavy atom. The Labute approximate surface area is 123 Å². The first-order valence-corrected chi connectivity index (χ1v) is 6.97. The van der Waals surface area contributed by atoms with Crippen LogP contribution in [0.2, 0.25) is 5.02 Å². The van der Waals surface area contributed by atoms with Gasteiger partial charge in [-0.1, -0.05) is 35.8 Å². The molecule has 0 bridgehead atoms. The van der Waals surface area contributed by atoms with Crippen LogP contribution in [0.5, 0.6) is 0 Å². The van der Waals surface area contributed by atoms with E-state index in [0.717, 1.165) is 12.0 Å². The van der Waals surface area contributed by atoms with Gasteiger partial charge in [-0.2, -0.15) is 4.98 Å². The molecule has 2 rings (SSSR count). The molecule has 2 aromatic rings. The Morgan fingerprint density at radius 3 is 3.05 bits per heavy atom. The van der Waals surface area contributed by atoms with E-state index < -0.39 is 0 Å². The van der Waals surface area contributed by atoms with Gasteiger partial charge in [0.15, 0.2) is 5.82 Å². The molecule has 0 aliphatic carbocycles. The molecule has 1 aromatic heterocycles. The van der Waals surface area contributed by atoms with Crippen molar-refractivity contribution in [3.63, 3.8) is 0 Å². The highest BCUT2D eigenvalue weighted by atomic mass is 35.5. The van der Waals surface area contributed by atoms with Crippen molar-refractivity contribution in [2.45, 2.75) is 25.8 Å². The van der Waals surface area contributed by atoms with E-state index in [4.69, 9.17) is 26.6 Å². The van der Waals surface area contributed by atoms with Crippen LogP contribution in [0.25, 0.3) is 0 Å². The van der Waals surface area contributed by atoms with E-state index in [1.807, 2.05) is 31.2 Å². The molecule has 0 amide bonds. The van der Waals surface area contributed by atoms with Gasteiger partial charge in [-0.3, -0.25) is 0 Å². The highest BCUT2D eigenvalue weighted by molar-refractivity contribution is 6.30. The highest BCUT2D eigenvalue weighted by Gasteiger charge is 2.14. The summed E-state index contributed by atoms with van der Waals surface area (Å²) < 4.78 is 10.6. The Kier molecular flexibility index (Phi) is 5.52. The summed E-state index contributed by atoms with van der Waals surface area (Å²) in [6.07, 6.45) is 1.50. The van der Waals surface area contributed by atoms with Gasteiger partial charge in [0.25, 0.3) is 0 Å². The number of nitrogens with two attached hydrogens (primary N) is 1. The third-order valence-electron chi connectivity index (χ3n) is 2.71. The summed E-state index contributed by atoms with van der Waals surface area (Å²) in [5, 5.41) is 4.58. The summed E-state index contributed by atoms with van der Waals surface area (Å²) >= 11 is 5.93. The number of aromatic nitrogens is 2. The number of benzene rings is 1. The van der Waals surface area contributed by atoms with Crippen LogP contribution in [0.3, 0.4) is 0 Å². The number of halogens is 1. The molecule has 0 spiro atoms. The molecular formula is C14H18ClN3O2. The van der Waals surface area contributed by atoms with Gasteiger partial charge in [0.05, 0.1) is 19.1 Å². The summed E-state index contributed by atoms with van der Waals surface area (Å²) in [6, 6.07) is 7.18. The lowest BCUT2D eigenvalue weighted by molar-refractivity contribution is 0.119. The molecule has 1 unspecified atom stereocenters. The zero-order valence-electron chi connectivity index (χ0n) is 11.4. The summed E-state index contributed by atoms with van der Waals surface area (Å²) in [6.45, 7) is 3.12. The summed E-state index contributed by atoms with van der Waals surface area (Å²) in [5.41, 5.74) is 6.95. The van der Waals surface area contributed by atoms with Crippen LogP contribution < -0.4 is 5.73 Å². The smallest absolute Gasteiger partial charge is 0.231 e. The summed E-state index contributed by atoms with van der Waals surface area (Å²) in [7, 11) is 0. The first-order valence-electron chi connectivity index (χ1n) is 6.59. The maximum atomic E-state index is 5.94. The molecule has 20 heavy (non-hydrogen) atoms. The van der Waals surface area contributed by atoms with Gasteiger partial charge >= 0.3 is 0 Å². The van der Waals surface area contributed by atoms with Gasteiger partial charge in [-0.05, 0) is 24.1 Å². The van der Waals surface area contributed by atoms with Crippen LogP contribution >= 0.6 is 11.6 Å². The Bertz CT molecular complexity index is 545. The molecule has 0 fully saturated rings. The Balaban J connectivity index is 1.94. The van der Waals surface area contributed by atoms with Crippen LogP contribution in [0, 0.1) is 0 Å². The number of hydrogen-bond acceptors (Lipinski definition) is 5. The fraction of sp³-hybridized carbons (Fsp3) is 0.429. The maximum Gasteiger partial charge on any atom is 0.231 e. The SMILES string of the molecule is CCCOCC(N)c1noc(Cc2cccc(Cl)c2)n1. The Morgan fingerprint density at radius 1 is 1.45 bits per heavy atom. The normalized spacial score (nSPS) is 12.6. The van der Waals surface area contributed by atoms with E-state index in [1.54, 1.807) is 0 Å². The molecule has 5 nitrogen and oxygen atoms in total. The van der Waals surface area contributed by atoms with Crippen molar-refractivity contribution >= 4 is 11.6 Å². The molecule has 1 atom stereocenters. The van der Waals surface area contributed by atoms with Gasteiger partial charge in [-0.25, -0.2) is 0 Å². The highest BCUT2D eigenvalue weighted by Crippen LogP contribution is 2.15. The van der Waals surface area contributed by atoms with Gasteiger partial charge in [0, 0.05) is 11.6 Å². The molecule has 0 saturated carbocycles. The molecule has 6 heteroatoms. The first kappa shape index (κ1) is 15.0. The molecule has 0 aliphatic heterocycles. The largest absolute Gasteiger partial charge is 0.379 e. The van der Waals surface area contributed by atoms with E-state index in [1.165, 1.54) is 0 Å². The summed E-state index contributed by atoms with van der Waals surface area (Å²) in [4.78, 5) is 4.29. The second-order valence-electron chi connectivity index (χ2n) is 4.53. The van der Waals surface area contributed by atoms with Crippen LogP contribution in [0.1, 0.15) is 36.7 Å². The van der Waals surface area contributed by atoms with Crippen LogP contribution in [0.4, 0.5) is 0 Å². The van der Waals surface area contributed by atoms with Gasteiger partial charge in [0.1, 0.15) is 0 Å². The lowest BCUT2D eigenvalue weighted by Crippen LogP contribution is -2.18. The zero-order chi connectivity index (χ0) is 14.4. The Hall–Kier alpha value is -1.43. The minimum absolute atomic E-state index is 0.363. The van der Waals surface area contributed by atoms with E-state index in [9.17, 15) is 0 Å². The maximum absolute atomic E-state index is 5.94. The van der Waals surface area contributed by atoms with Crippen molar-refractivity contribution in [2.75, 3.05) is 13.2 Å². The summed E-state index contributed by atoms with van der Waals surface area (Å²) in [5.74, 6) is 0.992. The molecule has 0 aliphatic rings. The number of hydrogen-bond donors (Lipinski definition) is 1. The fourth-order valence-electron chi connectivity index (χ4n) is 1.74. The predicted molar refractivity (Wildman–Crippen MR) is 76.6 cm³/mol. The number of rotatable bonds is 7. The average Bonchev–Trinajstić information content (AvgIpc) is 2.87. The fourth-order valence-corrected chi connectivity index (χ4v) is 1.95. The van der Waals surface area contributed by atoms with Crippen molar-refractivity contribution in [3.05, 3.63) is 46.6 Å². The monoisotopic (exact) mass is 295 g/mol. The number of nitrogens with zero attached hydrogens (tertiary/aromatic N) is 2. The van der Waals surface area contributed by atoms with E-state index in [-0.39, 0.29) is 6.04 Å².